The summed E-state index contributed by atoms with van der Waals surface area (Å²) in [5.41, 5.74) is 10.4. The van der Waals surface area contributed by atoms with Gasteiger partial charge in [-0.3, -0.25) is 9.97 Å². The molecule has 0 aliphatic carbocycles. The summed E-state index contributed by atoms with van der Waals surface area (Å²) in [6.45, 7) is 0. The maximum Gasteiger partial charge on any atom is 0.136 e. The molecule has 0 atom stereocenters. The number of aromatic nitrogens is 4. The molecule has 0 saturated carbocycles. The number of furan rings is 2. The Morgan fingerprint density at radius 2 is 0.773 bits per heavy atom. The second-order valence-corrected chi connectivity index (χ2v) is 10.7. The second-order valence-electron chi connectivity index (χ2n) is 10.7. The second kappa shape index (κ2) is 9.71. The van der Waals surface area contributed by atoms with Crippen molar-refractivity contribution in [2.45, 2.75) is 0 Å². The van der Waals surface area contributed by atoms with E-state index < -0.39 is 0 Å². The molecule has 6 heteroatoms. The predicted molar refractivity (Wildman–Crippen MR) is 174 cm³/mol. The topological polar surface area (TPSA) is 77.8 Å². The first-order valence-electron chi connectivity index (χ1n) is 14.4. The van der Waals surface area contributed by atoms with Crippen molar-refractivity contribution in [2.24, 2.45) is 0 Å². The Balaban J connectivity index is 1.14. The molecule has 3 aromatic carbocycles. The molecule has 0 amide bonds. The van der Waals surface area contributed by atoms with Crippen LogP contribution in [0.4, 0.5) is 0 Å². The van der Waals surface area contributed by atoms with E-state index in [1.165, 1.54) is 0 Å². The molecule has 44 heavy (non-hydrogen) atoms. The fourth-order valence-corrected chi connectivity index (χ4v) is 5.87. The normalized spacial score (nSPS) is 11.6. The molecule has 0 saturated heterocycles. The summed E-state index contributed by atoms with van der Waals surface area (Å²) in [6, 6.07) is 40.3. The molecule has 9 rings (SSSR count). The van der Waals surface area contributed by atoms with Crippen LogP contribution in [0.1, 0.15) is 0 Å². The molecule has 0 spiro atoms. The van der Waals surface area contributed by atoms with Gasteiger partial charge in [-0.2, -0.15) is 0 Å². The van der Waals surface area contributed by atoms with Gasteiger partial charge in [0.2, 0.25) is 0 Å². The van der Waals surface area contributed by atoms with Crippen LogP contribution in [0, 0.1) is 0 Å². The number of hydrogen-bond acceptors (Lipinski definition) is 6. The minimum absolute atomic E-state index is 0.809. The Morgan fingerprint density at radius 3 is 1.23 bits per heavy atom. The molecule has 0 bridgehead atoms. The van der Waals surface area contributed by atoms with Gasteiger partial charge in [-0.1, -0.05) is 24.3 Å². The molecule has 0 N–H and O–H groups in total. The van der Waals surface area contributed by atoms with Gasteiger partial charge in [-0.15, -0.1) is 0 Å². The third kappa shape index (κ3) is 4.04. The quantitative estimate of drug-likeness (QED) is 0.211. The maximum absolute atomic E-state index is 6.35. The van der Waals surface area contributed by atoms with Crippen LogP contribution in [0.2, 0.25) is 0 Å². The number of hydrogen-bond donors (Lipinski definition) is 0. The van der Waals surface area contributed by atoms with Gasteiger partial charge in [0.25, 0.3) is 0 Å². The van der Waals surface area contributed by atoms with Gasteiger partial charge >= 0.3 is 0 Å². The summed E-state index contributed by atoms with van der Waals surface area (Å²) >= 11 is 0. The first-order chi connectivity index (χ1) is 21.8. The van der Waals surface area contributed by atoms with Gasteiger partial charge in [0.15, 0.2) is 0 Å². The summed E-state index contributed by atoms with van der Waals surface area (Å²) in [7, 11) is 0. The maximum atomic E-state index is 6.35. The van der Waals surface area contributed by atoms with E-state index >= 15 is 0 Å². The predicted octanol–water partition coefficient (Wildman–Crippen LogP) is 9.73. The lowest BCUT2D eigenvalue weighted by atomic mass is 10.0. The Labute approximate surface area is 251 Å². The number of fused-ring (bicyclic) bond motifs is 6. The number of pyridine rings is 4. The number of nitrogens with zero attached hydrogens (tertiary/aromatic N) is 4. The van der Waals surface area contributed by atoms with Crippen molar-refractivity contribution in [2.75, 3.05) is 0 Å². The van der Waals surface area contributed by atoms with Crippen molar-refractivity contribution in [1.29, 1.82) is 0 Å². The molecule has 9 aromatic rings. The fraction of sp³-hybridized carbons (Fsp3) is 0. The van der Waals surface area contributed by atoms with E-state index in [2.05, 4.69) is 34.2 Å². The van der Waals surface area contributed by atoms with Crippen molar-refractivity contribution in [1.82, 2.24) is 19.9 Å². The van der Waals surface area contributed by atoms with Crippen LogP contribution in [0.25, 0.3) is 89.2 Å². The van der Waals surface area contributed by atoms with Crippen molar-refractivity contribution in [3.05, 3.63) is 134 Å². The van der Waals surface area contributed by atoms with Gasteiger partial charge in [0.05, 0.1) is 34.2 Å². The molecule has 0 unspecified atom stereocenters. The van der Waals surface area contributed by atoms with Crippen LogP contribution in [-0.2, 0) is 0 Å². The molecule has 0 radical (unpaired) electrons. The van der Waals surface area contributed by atoms with E-state index in [9.17, 15) is 0 Å². The summed E-state index contributed by atoms with van der Waals surface area (Å²) in [5, 5.41) is 4.03. The average molecular weight is 567 g/mol. The van der Waals surface area contributed by atoms with E-state index in [0.29, 0.717) is 0 Å². The molecule has 0 fully saturated rings. The summed E-state index contributed by atoms with van der Waals surface area (Å²) in [5.74, 6) is 0. The Bertz CT molecular complexity index is 2320. The Hall–Kier alpha value is -6.14. The molecule has 0 aliphatic rings. The minimum atomic E-state index is 0.809. The van der Waals surface area contributed by atoms with Gasteiger partial charge < -0.3 is 8.83 Å². The molecule has 6 heterocycles. The first-order valence-corrected chi connectivity index (χ1v) is 14.4. The first kappa shape index (κ1) is 24.5. The van der Waals surface area contributed by atoms with E-state index in [1.54, 1.807) is 12.4 Å². The van der Waals surface area contributed by atoms with E-state index in [4.69, 9.17) is 18.8 Å². The highest BCUT2D eigenvalue weighted by Crippen LogP contribution is 2.39. The molecule has 0 aliphatic heterocycles. The number of rotatable bonds is 4. The molecule has 6 aromatic heterocycles. The number of benzene rings is 3. The summed E-state index contributed by atoms with van der Waals surface area (Å²) < 4.78 is 12.7. The SMILES string of the molecule is c1ccc(-c2cccc(-c3ccc4oc5cc6c(cc5c4c3)oc3ccc(-c4cccc(-c5ccccn5)n4)cc36)n2)nc1. The van der Waals surface area contributed by atoms with E-state index in [1.807, 2.05) is 97.1 Å². The van der Waals surface area contributed by atoms with Gasteiger partial charge in [0.1, 0.15) is 22.3 Å². The fourth-order valence-electron chi connectivity index (χ4n) is 5.87. The molecular weight excluding hydrogens is 544 g/mol. The molecular formula is C38H22N4O2. The average Bonchev–Trinajstić information content (AvgIpc) is 3.64. The lowest BCUT2D eigenvalue weighted by molar-refractivity contribution is 0.664. The Kier molecular flexibility index (Phi) is 5.40. The van der Waals surface area contributed by atoms with Crippen LogP contribution in [0.3, 0.4) is 0 Å². The third-order valence-corrected chi connectivity index (χ3v) is 8.01. The summed E-state index contributed by atoms with van der Waals surface area (Å²) in [6.07, 6.45) is 3.57. The molecule has 6 nitrogen and oxygen atoms in total. The van der Waals surface area contributed by atoms with Crippen LogP contribution in [-0.4, -0.2) is 19.9 Å². The lowest BCUT2D eigenvalue weighted by Crippen LogP contribution is -1.89. The minimum Gasteiger partial charge on any atom is -0.456 e. The van der Waals surface area contributed by atoms with Crippen LogP contribution < -0.4 is 0 Å². The summed E-state index contributed by atoms with van der Waals surface area (Å²) in [4.78, 5) is 18.7. The van der Waals surface area contributed by atoms with Crippen molar-refractivity contribution >= 4 is 43.9 Å². The highest BCUT2D eigenvalue weighted by Gasteiger charge is 2.16. The van der Waals surface area contributed by atoms with Gasteiger partial charge in [-0.05, 0) is 97.1 Å². The monoisotopic (exact) mass is 566 g/mol. The smallest absolute Gasteiger partial charge is 0.136 e. The van der Waals surface area contributed by atoms with Gasteiger partial charge in [-0.25, -0.2) is 9.97 Å². The van der Waals surface area contributed by atoms with Crippen molar-refractivity contribution in [3.8, 4) is 45.3 Å². The van der Waals surface area contributed by atoms with Crippen LogP contribution in [0.15, 0.2) is 143 Å². The standard InChI is InChI=1S/C38H22N4O2/c1-3-17-39-31(7-1)33-11-5-9-29(41-33)23-13-15-35-25(19-23)27-21-38-28(22-37(27)43-35)26-20-24(14-16-36(26)44-38)30-10-6-12-34(42-30)32-8-2-4-18-40-32/h1-22H. The third-order valence-electron chi connectivity index (χ3n) is 8.01. The zero-order valence-corrected chi connectivity index (χ0v) is 23.3. The highest BCUT2D eigenvalue weighted by atomic mass is 16.3. The van der Waals surface area contributed by atoms with Crippen molar-refractivity contribution in [3.63, 3.8) is 0 Å². The highest BCUT2D eigenvalue weighted by molar-refractivity contribution is 6.15. The lowest BCUT2D eigenvalue weighted by Gasteiger charge is -2.05. The van der Waals surface area contributed by atoms with Crippen molar-refractivity contribution < 1.29 is 8.83 Å². The van der Waals surface area contributed by atoms with Gasteiger partial charge in [0, 0.05) is 45.1 Å². The largest absolute Gasteiger partial charge is 0.456 e. The zero-order valence-electron chi connectivity index (χ0n) is 23.3. The zero-order chi connectivity index (χ0) is 29.0. The van der Waals surface area contributed by atoms with E-state index in [-0.39, 0.29) is 0 Å². The Morgan fingerprint density at radius 1 is 0.341 bits per heavy atom. The van der Waals surface area contributed by atoms with E-state index in [0.717, 1.165) is 89.2 Å². The van der Waals surface area contributed by atoms with Crippen LogP contribution >= 0.6 is 0 Å². The van der Waals surface area contributed by atoms with Crippen LogP contribution in [0.5, 0.6) is 0 Å². The molecule has 206 valence electrons.